The molecule has 0 saturated carbocycles. The smallest absolute Gasteiger partial charge is 0.231 e. The van der Waals surface area contributed by atoms with Crippen LogP contribution < -0.4 is 4.90 Å². The number of aromatic nitrogens is 3. The summed E-state index contributed by atoms with van der Waals surface area (Å²) in [5, 5.41) is 0.285. The van der Waals surface area contributed by atoms with Crippen LogP contribution in [0.5, 0.6) is 0 Å². The molecule has 2 heterocycles. The van der Waals surface area contributed by atoms with E-state index in [1.54, 1.807) is 0 Å². The first-order chi connectivity index (χ1) is 7.15. The minimum Gasteiger partial charge on any atom is -0.338 e. The Bertz CT molecular complexity index is 331. The predicted molar refractivity (Wildman–Crippen MR) is 59.6 cm³/mol. The molecule has 82 valence electrons. The highest BCUT2D eigenvalue weighted by Gasteiger charge is 2.17. The molecule has 0 N–H and O–H groups in total. The van der Waals surface area contributed by atoms with Crippen LogP contribution in [0, 0.1) is 0 Å². The molecule has 1 aliphatic rings. The van der Waals surface area contributed by atoms with Crippen LogP contribution in [0.25, 0.3) is 0 Å². The molecule has 15 heavy (non-hydrogen) atoms. The monoisotopic (exact) mass is 247 g/mol. The molecule has 2 rings (SSSR count). The summed E-state index contributed by atoms with van der Waals surface area (Å²) in [7, 11) is 2.09. The van der Waals surface area contributed by atoms with Crippen molar-refractivity contribution < 1.29 is 0 Å². The van der Waals surface area contributed by atoms with Crippen molar-refractivity contribution in [1.82, 2.24) is 19.9 Å². The molecule has 1 aliphatic heterocycles. The summed E-state index contributed by atoms with van der Waals surface area (Å²) in [6.45, 7) is 3.74. The molecule has 1 aromatic heterocycles. The Kier molecular flexibility index (Phi) is 3.23. The zero-order valence-corrected chi connectivity index (χ0v) is 9.83. The van der Waals surface area contributed by atoms with Gasteiger partial charge in [-0.05, 0) is 30.2 Å². The third-order valence-corrected chi connectivity index (χ3v) is 2.69. The van der Waals surface area contributed by atoms with Crippen molar-refractivity contribution in [2.75, 3.05) is 38.1 Å². The second kappa shape index (κ2) is 4.47. The fourth-order valence-corrected chi connectivity index (χ4v) is 1.82. The third-order valence-electron chi connectivity index (χ3n) is 2.36. The van der Waals surface area contributed by atoms with E-state index in [0.29, 0.717) is 5.95 Å². The van der Waals surface area contributed by atoms with Gasteiger partial charge in [-0.3, -0.25) is 0 Å². The molecule has 0 amide bonds. The first-order valence-corrected chi connectivity index (χ1v) is 5.41. The summed E-state index contributed by atoms with van der Waals surface area (Å²) in [5.74, 6) is 0.563. The largest absolute Gasteiger partial charge is 0.338 e. The van der Waals surface area contributed by atoms with Crippen LogP contribution in [-0.4, -0.2) is 53.1 Å². The highest BCUT2D eigenvalue weighted by Crippen LogP contribution is 2.15. The van der Waals surface area contributed by atoms with Gasteiger partial charge in [-0.25, -0.2) is 0 Å². The second-order valence-corrected chi connectivity index (χ2v) is 4.14. The first kappa shape index (κ1) is 10.9. The van der Waals surface area contributed by atoms with E-state index in [4.69, 9.17) is 23.2 Å². The van der Waals surface area contributed by atoms with Crippen LogP contribution in [0.2, 0.25) is 10.6 Å². The summed E-state index contributed by atoms with van der Waals surface area (Å²) >= 11 is 11.4. The highest BCUT2D eigenvalue weighted by molar-refractivity contribution is 6.31. The van der Waals surface area contributed by atoms with E-state index in [-0.39, 0.29) is 10.6 Å². The quantitative estimate of drug-likeness (QED) is 0.739. The second-order valence-electron chi connectivity index (χ2n) is 3.46. The number of halogens is 2. The first-order valence-electron chi connectivity index (χ1n) is 4.66. The lowest BCUT2D eigenvalue weighted by Gasteiger charge is -2.32. The molecule has 1 saturated heterocycles. The average Bonchev–Trinajstić information content (AvgIpc) is 2.17. The number of anilines is 1. The van der Waals surface area contributed by atoms with E-state index in [0.717, 1.165) is 26.2 Å². The van der Waals surface area contributed by atoms with Gasteiger partial charge in [-0.15, -0.1) is 0 Å². The Hall–Kier alpha value is -0.650. The molecular weight excluding hydrogens is 237 g/mol. The van der Waals surface area contributed by atoms with Crippen molar-refractivity contribution in [1.29, 1.82) is 0 Å². The van der Waals surface area contributed by atoms with Crippen LogP contribution >= 0.6 is 23.2 Å². The summed E-state index contributed by atoms with van der Waals surface area (Å²) in [5.41, 5.74) is 0. The molecule has 0 unspecified atom stereocenters. The Morgan fingerprint density at radius 1 is 0.933 bits per heavy atom. The summed E-state index contributed by atoms with van der Waals surface area (Å²) in [6, 6.07) is 0. The van der Waals surface area contributed by atoms with Crippen molar-refractivity contribution in [3.63, 3.8) is 0 Å². The number of likely N-dealkylation sites (N-methyl/N-ethyl adjacent to an activating group) is 1. The van der Waals surface area contributed by atoms with Crippen molar-refractivity contribution in [3.8, 4) is 0 Å². The molecule has 0 spiro atoms. The van der Waals surface area contributed by atoms with Crippen molar-refractivity contribution >= 4 is 29.2 Å². The van der Waals surface area contributed by atoms with Gasteiger partial charge < -0.3 is 9.80 Å². The number of nitrogens with zero attached hydrogens (tertiary/aromatic N) is 5. The lowest BCUT2D eigenvalue weighted by Crippen LogP contribution is -2.45. The van der Waals surface area contributed by atoms with Crippen molar-refractivity contribution in [2.24, 2.45) is 0 Å². The van der Waals surface area contributed by atoms with Gasteiger partial charge in [0.1, 0.15) is 0 Å². The lowest BCUT2D eigenvalue weighted by molar-refractivity contribution is 0.311. The van der Waals surface area contributed by atoms with E-state index in [2.05, 4.69) is 31.8 Å². The van der Waals surface area contributed by atoms with Gasteiger partial charge in [0.15, 0.2) is 0 Å². The fraction of sp³-hybridized carbons (Fsp3) is 0.625. The predicted octanol–water partition coefficient (Wildman–Crippen LogP) is 0.930. The van der Waals surface area contributed by atoms with Gasteiger partial charge in [0.2, 0.25) is 16.5 Å². The third kappa shape index (κ3) is 2.68. The van der Waals surface area contributed by atoms with Gasteiger partial charge in [0.25, 0.3) is 0 Å². The lowest BCUT2D eigenvalue weighted by atomic mass is 10.3. The van der Waals surface area contributed by atoms with Crippen LogP contribution in [0.4, 0.5) is 5.95 Å². The highest BCUT2D eigenvalue weighted by atomic mass is 35.5. The van der Waals surface area contributed by atoms with E-state index in [9.17, 15) is 0 Å². The van der Waals surface area contributed by atoms with Gasteiger partial charge in [-0.1, -0.05) is 0 Å². The number of piperazine rings is 1. The van der Waals surface area contributed by atoms with Gasteiger partial charge in [0.05, 0.1) is 0 Å². The molecule has 0 bridgehead atoms. The van der Waals surface area contributed by atoms with Crippen molar-refractivity contribution in [3.05, 3.63) is 10.6 Å². The van der Waals surface area contributed by atoms with E-state index in [1.165, 1.54) is 0 Å². The molecule has 0 aromatic carbocycles. The maximum atomic E-state index is 5.71. The molecule has 5 nitrogen and oxygen atoms in total. The average molecular weight is 248 g/mol. The van der Waals surface area contributed by atoms with Crippen LogP contribution in [0.3, 0.4) is 0 Å². The maximum Gasteiger partial charge on any atom is 0.231 e. The zero-order chi connectivity index (χ0) is 10.8. The molecule has 1 aromatic rings. The minimum absolute atomic E-state index is 0.143. The Morgan fingerprint density at radius 3 is 2.00 bits per heavy atom. The molecular formula is C8H11Cl2N5. The van der Waals surface area contributed by atoms with Gasteiger partial charge in [-0.2, -0.15) is 15.0 Å². The molecule has 0 atom stereocenters. The molecule has 1 fully saturated rings. The van der Waals surface area contributed by atoms with Crippen molar-refractivity contribution in [2.45, 2.75) is 0 Å². The van der Waals surface area contributed by atoms with Gasteiger partial charge >= 0.3 is 0 Å². The normalized spacial score (nSPS) is 18.2. The summed E-state index contributed by atoms with van der Waals surface area (Å²) in [4.78, 5) is 16.1. The number of hydrogen-bond acceptors (Lipinski definition) is 5. The van der Waals surface area contributed by atoms with E-state index >= 15 is 0 Å². The zero-order valence-electron chi connectivity index (χ0n) is 8.32. The topological polar surface area (TPSA) is 45.2 Å². The molecule has 0 aliphatic carbocycles. The van der Waals surface area contributed by atoms with Crippen LogP contribution in [0.15, 0.2) is 0 Å². The Morgan fingerprint density at radius 2 is 1.47 bits per heavy atom. The maximum absolute atomic E-state index is 5.71. The van der Waals surface area contributed by atoms with E-state index < -0.39 is 0 Å². The Labute approximate surface area is 98.0 Å². The van der Waals surface area contributed by atoms with E-state index in [1.807, 2.05) is 0 Å². The fourth-order valence-electron chi connectivity index (χ4n) is 1.46. The molecule has 7 heteroatoms. The summed E-state index contributed by atoms with van der Waals surface area (Å²) in [6.07, 6.45) is 0. The van der Waals surface area contributed by atoms with Crippen LogP contribution in [0.1, 0.15) is 0 Å². The summed E-state index contributed by atoms with van der Waals surface area (Å²) < 4.78 is 0. The Balaban J connectivity index is 2.15. The number of rotatable bonds is 1. The number of hydrogen-bond donors (Lipinski definition) is 0. The minimum atomic E-state index is 0.143. The van der Waals surface area contributed by atoms with Gasteiger partial charge in [0, 0.05) is 26.2 Å². The molecule has 0 radical (unpaired) electrons. The standard InChI is InChI=1S/C8H11Cl2N5/c1-14-2-4-15(5-3-14)8-12-6(9)11-7(10)13-8/h2-5H2,1H3. The van der Waals surface area contributed by atoms with Crippen LogP contribution in [-0.2, 0) is 0 Å². The SMILES string of the molecule is CN1CCN(c2nc(Cl)nc(Cl)n2)CC1.